The Hall–Kier alpha value is -0.530. The molecule has 0 aliphatic heterocycles. The Morgan fingerprint density at radius 3 is 2.80 bits per heavy atom. The van der Waals surface area contributed by atoms with Crippen molar-refractivity contribution in [2.75, 3.05) is 6.54 Å². The normalized spacial score (nSPS) is 16.4. The molecular formula is C13H18ClN. The third-order valence-electron chi connectivity index (χ3n) is 3.28. The van der Waals surface area contributed by atoms with Crippen LogP contribution in [0.25, 0.3) is 0 Å². The standard InChI is InChI=1S/C13H18ClN/c1-10-7-13(14)6-5-12(10)9-15-8-11-3-2-4-11/h5-7,11,15H,2-4,8-9H2,1H3. The molecule has 0 atom stereocenters. The van der Waals surface area contributed by atoms with E-state index in [4.69, 9.17) is 11.6 Å². The van der Waals surface area contributed by atoms with E-state index in [9.17, 15) is 0 Å². The van der Waals surface area contributed by atoms with Gasteiger partial charge in [0.25, 0.3) is 0 Å². The molecule has 1 aromatic carbocycles. The lowest BCUT2D eigenvalue weighted by atomic mass is 9.85. The predicted octanol–water partition coefficient (Wildman–Crippen LogP) is 3.54. The maximum Gasteiger partial charge on any atom is 0.0408 e. The molecule has 0 spiro atoms. The molecule has 2 heteroatoms. The van der Waals surface area contributed by atoms with Crippen LogP contribution >= 0.6 is 11.6 Å². The molecule has 0 heterocycles. The smallest absolute Gasteiger partial charge is 0.0408 e. The molecular weight excluding hydrogens is 206 g/mol. The maximum atomic E-state index is 5.91. The van der Waals surface area contributed by atoms with E-state index in [1.54, 1.807) is 0 Å². The molecule has 0 radical (unpaired) electrons. The van der Waals surface area contributed by atoms with Crippen LogP contribution in [0.2, 0.25) is 5.02 Å². The Balaban J connectivity index is 1.81. The van der Waals surface area contributed by atoms with Gasteiger partial charge in [0.15, 0.2) is 0 Å². The van der Waals surface area contributed by atoms with E-state index in [1.807, 2.05) is 12.1 Å². The van der Waals surface area contributed by atoms with Crippen LogP contribution in [0.3, 0.4) is 0 Å². The minimum Gasteiger partial charge on any atom is -0.312 e. The Labute approximate surface area is 96.8 Å². The first-order valence-electron chi connectivity index (χ1n) is 5.71. The van der Waals surface area contributed by atoms with Crippen molar-refractivity contribution >= 4 is 11.6 Å². The van der Waals surface area contributed by atoms with Crippen molar-refractivity contribution in [3.05, 3.63) is 34.3 Å². The van der Waals surface area contributed by atoms with Crippen LogP contribution in [0, 0.1) is 12.8 Å². The minimum atomic E-state index is 0.829. The van der Waals surface area contributed by atoms with Crippen molar-refractivity contribution < 1.29 is 0 Å². The summed E-state index contributed by atoms with van der Waals surface area (Å²) >= 11 is 5.91. The fraction of sp³-hybridized carbons (Fsp3) is 0.538. The molecule has 0 unspecified atom stereocenters. The zero-order valence-electron chi connectivity index (χ0n) is 9.22. The van der Waals surface area contributed by atoms with E-state index >= 15 is 0 Å². The molecule has 0 bridgehead atoms. The van der Waals surface area contributed by atoms with Crippen LogP contribution < -0.4 is 5.32 Å². The molecule has 0 saturated heterocycles. The monoisotopic (exact) mass is 223 g/mol. The van der Waals surface area contributed by atoms with E-state index in [1.165, 1.54) is 36.9 Å². The fourth-order valence-corrected chi connectivity index (χ4v) is 2.19. The van der Waals surface area contributed by atoms with Gasteiger partial charge in [-0.3, -0.25) is 0 Å². The summed E-state index contributed by atoms with van der Waals surface area (Å²) < 4.78 is 0. The van der Waals surface area contributed by atoms with Crippen LogP contribution in [0.15, 0.2) is 18.2 Å². The maximum absolute atomic E-state index is 5.91. The topological polar surface area (TPSA) is 12.0 Å². The number of aryl methyl sites for hydroxylation is 1. The van der Waals surface area contributed by atoms with Gasteiger partial charge >= 0.3 is 0 Å². The van der Waals surface area contributed by atoms with E-state index < -0.39 is 0 Å². The highest BCUT2D eigenvalue weighted by atomic mass is 35.5. The first kappa shape index (κ1) is 11.0. The van der Waals surface area contributed by atoms with Crippen LogP contribution in [0.4, 0.5) is 0 Å². The minimum absolute atomic E-state index is 0.829. The molecule has 1 N–H and O–H groups in total. The van der Waals surface area contributed by atoms with Gasteiger partial charge in [0, 0.05) is 11.6 Å². The Morgan fingerprint density at radius 2 is 2.20 bits per heavy atom. The second kappa shape index (κ2) is 5.00. The van der Waals surface area contributed by atoms with Crippen LogP contribution in [-0.4, -0.2) is 6.54 Å². The molecule has 2 rings (SSSR count). The quantitative estimate of drug-likeness (QED) is 0.824. The summed E-state index contributed by atoms with van der Waals surface area (Å²) in [5, 5.41) is 4.35. The SMILES string of the molecule is Cc1cc(Cl)ccc1CNCC1CCC1. The molecule has 1 fully saturated rings. The molecule has 1 saturated carbocycles. The average Bonchev–Trinajstić information content (AvgIpc) is 2.12. The Kier molecular flexibility index (Phi) is 3.66. The second-order valence-electron chi connectivity index (χ2n) is 4.50. The van der Waals surface area contributed by atoms with Gasteiger partial charge in [0.2, 0.25) is 0 Å². The average molecular weight is 224 g/mol. The summed E-state index contributed by atoms with van der Waals surface area (Å²) in [5.74, 6) is 0.928. The second-order valence-corrected chi connectivity index (χ2v) is 4.94. The number of hydrogen-bond acceptors (Lipinski definition) is 1. The number of halogens is 1. The van der Waals surface area contributed by atoms with Crippen LogP contribution in [0.5, 0.6) is 0 Å². The van der Waals surface area contributed by atoms with Gasteiger partial charge in [-0.25, -0.2) is 0 Å². The van der Waals surface area contributed by atoms with Crippen molar-refractivity contribution in [2.24, 2.45) is 5.92 Å². The highest BCUT2D eigenvalue weighted by Gasteiger charge is 2.16. The lowest BCUT2D eigenvalue weighted by molar-refractivity contribution is 0.301. The molecule has 1 aliphatic rings. The van der Waals surface area contributed by atoms with Gasteiger partial charge in [0.1, 0.15) is 0 Å². The molecule has 1 aliphatic carbocycles. The van der Waals surface area contributed by atoms with Crippen LogP contribution in [0.1, 0.15) is 30.4 Å². The lowest BCUT2D eigenvalue weighted by Crippen LogP contribution is -2.27. The van der Waals surface area contributed by atoms with Crippen molar-refractivity contribution in [3.8, 4) is 0 Å². The number of rotatable bonds is 4. The number of benzene rings is 1. The van der Waals surface area contributed by atoms with Crippen molar-refractivity contribution in [2.45, 2.75) is 32.7 Å². The highest BCUT2D eigenvalue weighted by molar-refractivity contribution is 6.30. The molecule has 82 valence electrons. The van der Waals surface area contributed by atoms with Crippen molar-refractivity contribution in [1.29, 1.82) is 0 Å². The van der Waals surface area contributed by atoms with Crippen molar-refractivity contribution in [3.63, 3.8) is 0 Å². The van der Waals surface area contributed by atoms with E-state index in [2.05, 4.69) is 18.3 Å². The van der Waals surface area contributed by atoms with Crippen LogP contribution in [-0.2, 0) is 6.54 Å². The first-order valence-corrected chi connectivity index (χ1v) is 6.09. The Bertz CT molecular complexity index is 331. The van der Waals surface area contributed by atoms with Gasteiger partial charge in [-0.2, -0.15) is 0 Å². The van der Waals surface area contributed by atoms with Gasteiger partial charge < -0.3 is 5.32 Å². The third kappa shape index (κ3) is 2.96. The van der Waals surface area contributed by atoms with Gasteiger partial charge in [-0.1, -0.05) is 24.1 Å². The molecule has 0 aromatic heterocycles. The number of nitrogens with one attached hydrogen (secondary N) is 1. The van der Waals surface area contributed by atoms with Crippen molar-refractivity contribution in [1.82, 2.24) is 5.32 Å². The van der Waals surface area contributed by atoms with E-state index in [0.29, 0.717) is 0 Å². The summed E-state index contributed by atoms with van der Waals surface area (Å²) in [5.41, 5.74) is 2.64. The summed E-state index contributed by atoms with van der Waals surface area (Å²) in [4.78, 5) is 0. The summed E-state index contributed by atoms with van der Waals surface area (Å²) in [7, 11) is 0. The highest BCUT2D eigenvalue weighted by Crippen LogP contribution is 2.25. The predicted molar refractivity (Wildman–Crippen MR) is 65.2 cm³/mol. The molecule has 1 nitrogen and oxygen atoms in total. The third-order valence-corrected chi connectivity index (χ3v) is 3.51. The van der Waals surface area contributed by atoms with Gasteiger partial charge in [-0.05, 0) is 55.5 Å². The molecule has 1 aromatic rings. The van der Waals surface area contributed by atoms with Gasteiger partial charge in [0.05, 0.1) is 0 Å². The fourth-order valence-electron chi connectivity index (χ4n) is 1.97. The summed E-state index contributed by atoms with van der Waals surface area (Å²) in [6.45, 7) is 4.26. The largest absolute Gasteiger partial charge is 0.312 e. The summed E-state index contributed by atoms with van der Waals surface area (Å²) in [6.07, 6.45) is 4.24. The zero-order chi connectivity index (χ0) is 10.7. The molecule has 0 amide bonds. The molecule has 15 heavy (non-hydrogen) atoms. The zero-order valence-corrected chi connectivity index (χ0v) is 9.98. The van der Waals surface area contributed by atoms with E-state index in [-0.39, 0.29) is 0 Å². The number of hydrogen-bond donors (Lipinski definition) is 1. The lowest BCUT2D eigenvalue weighted by Gasteiger charge is -2.25. The Morgan fingerprint density at radius 1 is 1.40 bits per heavy atom. The summed E-state index contributed by atoms with van der Waals surface area (Å²) in [6, 6.07) is 6.11. The van der Waals surface area contributed by atoms with Gasteiger partial charge in [-0.15, -0.1) is 0 Å². The first-order chi connectivity index (χ1) is 7.25. The van der Waals surface area contributed by atoms with E-state index in [0.717, 1.165) is 17.5 Å².